The topological polar surface area (TPSA) is 213 Å². The molecule has 3 heterocycles. The highest BCUT2D eigenvalue weighted by molar-refractivity contribution is 7.86. The molecule has 0 amide bonds. The Balaban J connectivity index is 1.99. The van der Waals surface area contributed by atoms with E-state index in [4.69, 9.17) is 34.9 Å². The van der Waals surface area contributed by atoms with Gasteiger partial charge < -0.3 is 19.6 Å². The molecule has 3 N–H and O–H groups in total. The van der Waals surface area contributed by atoms with Crippen LogP contribution < -0.4 is 5.62 Å². The van der Waals surface area contributed by atoms with Gasteiger partial charge in [0.05, 0.1) is 18.8 Å². The quantitative estimate of drug-likeness (QED) is 0.156. The molecule has 1 saturated heterocycles. The Morgan fingerprint density at radius 2 is 1.77 bits per heavy atom. The molecule has 1 aromatic carbocycles. The van der Waals surface area contributed by atoms with Gasteiger partial charge in [-0.1, -0.05) is 41.9 Å². The van der Waals surface area contributed by atoms with Crippen molar-refractivity contribution < 1.29 is 44.6 Å². The van der Waals surface area contributed by atoms with Gasteiger partial charge in [-0.3, -0.25) is 23.1 Å². The maximum atomic E-state index is 12.4. The number of carbonyl (C=O) groups is 1. The molecule has 4 rings (SSSR count). The molecule has 0 saturated carbocycles. The first kappa shape index (κ1) is 30.0. The Kier molecular flexibility index (Phi) is 8.12. The van der Waals surface area contributed by atoms with Crippen molar-refractivity contribution in [1.82, 2.24) is 19.5 Å². The van der Waals surface area contributed by atoms with E-state index in [1.54, 1.807) is 30.3 Å². The number of nitrogens with zero attached hydrogens (tertiary/aromatic N) is 3. The van der Waals surface area contributed by atoms with E-state index in [0.717, 1.165) is 24.0 Å². The van der Waals surface area contributed by atoms with Gasteiger partial charge in [0.1, 0.15) is 29.5 Å². The standard InChI is InChI=1S/C22H26ClN5O10S2/c1-13(29)37-16-19(28-17(23)15-18(26-12-25-15)27-20(28)24)38-21(10-35-39(2,31)32,11-36-40(3,33)34)22(16,30)9-14-7-5-4-6-8-14/h4-8,12,16,19,30H,9-11H2,1-3H3,(H2,24,25,26,27)/t16-,19+,22-/m0/s1. The summed E-state index contributed by atoms with van der Waals surface area (Å²) in [4.78, 5) is 23.1. The van der Waals surface area contributed by atoms with E-state index in [9.17, 15) is 26.7 Å². The SMILES string of the molecule is CC(=O)O[C@H]1[C@H](n2c(Cl)c3[nH]cnc3nc2=N)OC(COS(C)(=O)=O)(COS(C)(=O)=O)[C@]1(O)Cc1ccccc1. The van der Waals surface area contributed by atoms with Crippen LogP contribution in [0.1, 0.15) is 18.7 Å². The van der Waals surface area contributed by atoms with Crippen molar-refractivity contribution in [2.24, 2.45) is 0 Å². The maximum absolute atomic E-state index is 12.4. The Labute approximate surface area is 233 Å². The lowest BCUT2D eigenvalue weighted by Gasteiger charge is -2.41. The average Bonchev–Trinajstić information content (AvgIpc) is 3.39. The minimum atomic E-state index is -4.19. The number of aromatic nitrogens is 4. The molecule has 0 unspecified atom stereocenters. The van der Waals surface area contributed by atoms with Gasteiger partial charge in [0.2, 0.25) is 5.62 Å². The predicted octanol–water partition coefficient (Wildman–Crippen LogP) is 0.0178. The summed E-state index contributed by atoms with van der Waals surface area (Å²) in [5.41, 5.74) is -4.56. The largest absolute Gasteiger partial charge is 0.454 e. The minimum absolute atomic E-state index is 0.0833. The van der Waals surface area contributed by atoms with E-state index in [1.165, 1.54) is 6.33 Å². The van der Waals surface area contributed by atoms with Gasteiger partial charge in [-0.2, -0.15) is 21.8 Å². The number of hydrogen-bond donors (Lipinski definition) is 3. The number of rotatable bonds is 10. The summed E-state index contributed by atoms with van der Waals surface area (Å²) in [5, 5.41) is 20.8. The summed E-state index contributed by atoms with van der Waals surface area (Å²) in [5.74, 6) is -0.882. The fourth-order valence-electron chi connectivity index (χ4n) is 4.47. The van der Waals surface area contributed by atoms with Crippen LogP contribution in [0.15, 0.2) is 36.7 Å². The fourth-order valence-corrected chi connectivity index (χ4v) is 5.59. The third-order valence-electron chi connectivity index (χ3n) is 6.22. The van der Waals surface area contributed by atoms with Crippen molar-refractivity contribution in [2.45, 2.75) is 36.9 Å². The van der Waals surface area contributed by atoms with E-state index in [-0.39, 0.29) is 22.7 Å². The number of hydrogen-bond acceptors (Lipinski definition) is 13. The van der Waals surface area contributed by atoms with Crippen molar-refractivity contribution in [3.05, 3.63) is 53.0 Å². The Bertz CT molecular complexity index is 1660. The monoisotopic (exact) mass is 619 g/mol. The zero-order valence-corrected chi connectivity index (χ0v) is 23.8. The van der Waals surface area contributed by atoms with Crippen molar-refractivity contribution in [3.63, 3.8) is 0 Å². The van der Waals surface area contributed by atoms with Gasteiger partial charge in [0.25, 0.3) is 20.2 Å². The van der Waals surface area contributed by atoms with Gasteiger partial charge in [0, 0.05) is 13.3 Å². The summed E-state index contributed by atoms with van der Waals surface area (Å²) in [7, 11) is -8.37. The number of halogens is 1. The van der Waals surface area contributed by atoms with E-state index in [1.807, 2.05) is 0 Å². The highest BCUT2D eigenvalue weighted by Gasteiger charge is 2.68. The molecule has 18 heteroatoms. The molecular formula is C22H26ClN5O10S2. The fraction of sp³-hybridized carbons (Fsp3) is 0.455. The Hall–Kier alpha value is -2.93. The molecule has 3 atom stereocenters. The van der Waals surface area contributed by atoms with Crippen molar-refractivity contribution in [3.8, 4) is 0 Å². The Morgan fingerprint density at radius 3 is 2.33 bits per heavy atom. The van der Waals surface area contributed by atoms with Crippen LogP contribution in [-0.4, -0.2) is 90.5 Å². The second-order valence-corrected chi connectivity index (χ2v) is 12.9. The van der Waals surface area contributed by atoms with E-state index in [2.05, 4.69) is 15.0 Å². The number of nitrogens with one attached hydrogen (secondary N) is 2. The summed E-state index contributed by atoms with van der Waals surface area (Å²) in [6, 6.07) is 8.30. The number of aliphatic hydroxyl groups is 1. The Morgan fingerprint density at radius 1 is 1.18 bits per heavy atom. The summed E-state index contributed by atoms with van der Waals surface area (Å²) in [6.45, 7) is -0.876. The number of imidazole rings is 1. The molecule has 15 nitrogen and oxygen atoms in total. The number of carbonyl (C=O) groups excluding carboxylic acids is 1. The van der Waals surface area contributed by atoms with Gasteiger partial charge >= 0.3 is 5.97 Å². The zero-order valence-electron chi connectivity index (χ0n) is 21.4. The molecular weight excluding hydrogens is 594 g/mol. The van der Waals surface area contributed by atoms with Crippen LogP contribution in [0.3, 0.4) is 0 Å². The molecule has 0 bridgehead atoms. The van der Waals surface area contributed by atoms with Crippen LogP contribution in [-0.2, 0) is 49.3 Å². The molecule has 1 aliphatic rings. The smallest absolute Gasteiger partial charge is 0.303 e. The van der Waals surface area contributed by atoms with Crippen molar-refractivity contribution in [1.29, 1.82) is 5.41 Å². The predicted molar refractivity (Wildman–Crippen MR) is 138 cm³/mol. The van der Waals surface area contributed by atoms with Gasteiger partial charge in [0.15, 0.2) is 23.6 Å². The molecule has 218 valence electrons. The number of fused-ring (bicyclic) bond motifs is 1. The second-order valence-electron chi connectivity index (χ2n) is 9.25. The van der Waals surface area contributed by atoms with E-state index >= 15 is 0 Å². The first-order valence-corrected chi connectivity index (χ1v) is 15.5. The average molecular weight is 620 g/mol. The van der Waals surface area contributed by atoms with Gasteiger partial charge in [-0.15, -0.1) is 0 Å². The van der Waals surface area contributed by atoms with Crippen LogP contribution >= 0.6 is 11.6 Å². The molecule has 1 aliphatic heterocycles. The maximum Gasteiger partial charge on any atom is 0.303 e. The van der Waals surface area contributed by atoms with Crippen LogP contribution in [0.5, 0.6) is 0 Å². The molecule has 2 aromatic heterocycles. The number of aromatic amines is 1. The van der Waals surface area contributed by atoms with Crippen LogP contribution in [0.2, 0.25) is 5.15 Å². The van der Waals surface area contributed by atoms with E-state index < -0.39 is 68.6 Å². The highest BCUT2D eigenvalue weighted by Crippen LogP contribution is 2.49. The number of H-pyrrole nitrogens is 1. The van der Waals surface area contributed by atoms with E-state index in [0.29, 0.717) is 5.56 Å². The molecule has 3 aromatic rings. The molecule has 0 spiro atoms. The first-order valence-electron chi connectivity index (χ1n) is 11.5. The summed E-state index contributed by atoms with van der Waals surface area (Å²) < 4.78 is 71.0. The number of benzene rings is 1. The minimum Gasteiger partial charge on any atom is -0.454 e. The summed E-state index contributed by atoms with van der Waals surface area (Å²) in [6.07, 6.45) is -0.965. The zero-order chi connectivity index (χ0) is 29.5. The third-order valence-corrected chi connectivity index (χ3v) is 7.68. The molecule has 0 aliphatic carbocycles. The lowest BCUT2D eigenvalue weighted by atomic mass is 9.76. The lowest BCUT2D eigenvalue weighted by molar-refractivity contribution is -0.183. The molecule has 1 fully saturated rings. The van der Waals surface area contributed by atoms with Crippen LogP contribution in [0.25, 0.3) is 11.2 Å². The normalized spacial score (nSPS) is 22.9. The van der Waals surface area contributed by atoms with Crippen molar-refractivity contribution >= 4 is 49.0 Å². The van der Waals surface area contributed by atoms with Gasteiger partial charge in [-0.05, 0) is 5.56 Å². The van der Waals surface area contributed by atoms with Crippen LogP contribution in [0.4, 0.5) is 0 Å². The molecule has 40 heavy (non-hydrogen) atoms. The lowest BCUT2D eigenvalue weighted by Crippen LogP contribution is -2.63. The van der Waals surface area contributed by atoms with Crippen LogP contribution in [0, 0.1) is 5.41 Å². The second kappa shape index (κ2) is 10.8. The van der Waals surface area contributed by atoms with Crippen molar-refractivity contribution in [2.75, 3.05) is 25.7 Å². The number of esters is 1. The first-order chi connectivity index (χ1) is 18.6. The molecule has 0 radical (unpaired) electrons. The van der Waals surface area contributed by atoms with Gasteiger partial charge in [-0.25, -0.2) is 4.98 Å². The third kappa shape index (κ3) is 6.04. The summed E-state index contributed by atoms with van der Waals surface area (Å²) >= 11 is 6.59. The highest BCUT2D eigenvalue weighted by atomic mass is 35.5. The number of ether oxygens (including phenoxy) is 2.